The quantitative estimate of drug-likeness (QED) is 0.611. The largest absolute Gasteiger partial charge is 0.504 e. The van der Waals surface area contributed by atoms with Crippen LogP contribution in [-0.4, -0.2) is 29.7 Å². The molecule has 0 aliphatic carbocycles. The number of aliphatic hydroxyl groups is 1. The summed E-state index contributed by atoms with van der Waals surface area (Å²) in [5.74, 6) is 1.46. The molecule has 0 heterocycles. The number of ether oxygens (including phenoxy) is 2. The van der Waals surface area contributed by atoms with E-state index in [-0.39, 0.29) is 29.8 Å². The summed E-state index contributed by atoms with van der Waals surface area (Å²) >= 11 is 0. The van der Waals surface area contributed by atoms with Gasteiger partial charge in [-0.05, 0) is 41.4 Å². The van der Waals surface area contributed by atoms with Crippen molar-refractivity contribution in [2.45, 2.75) is 74.0 Å². The normalized spacial score (nSPS) is 15.2. The van der Waals surface area contributed by atoms with Crippen molar-refractivity contribution in [1.29, 1.82) is 0 Å². The van der Waals surface area contributed by atoms with Gasteiger partial charge < -0.3 is 19.7 Å². The molecule has 1 aromatic carbocycles. The molecule has 0 amide bonds. The minimum atomic E-state index is -0.555. The van der Waals surface area contributed by atoms with Gasteiger partial charge in [0.05, 0.1) is 13.2 Å². The van der Waals surface area contributed by atoms with Gasteiger partial charge in [0.1, 0.15) is 0 Å². The van der Waals surface area contributed by atoms with Crippen molar-refractivity contribution in [2.75, 3.05) is 13.2 Å². The Balaban J connectivity index is 3.07. The molecular weight excluding hydrogens is 328 g/mol. The first-order chi connectivity index (χ1) is 11.9. The summed E-state index contributed by atoms with van der Waals surface area (Å²) in [4.78, 5) is 0. The molecule has 0 radical (unpaired) electrons. The van der Waals surface area contributed by atoms with E-state index >= 15 is 0 Å². The third-order valence-electron chi connectivity index (χ3n) is 4.44. The molecule has 4 heteroatoms. The minimum Gasteiger partial charge on any atom is -0.504 e. The molecule has 4 nitrogen and oxygen atoms in total. The number of rotatable bonds is 8. The summed E-state index contributed by atoms with van der Waals surface area (Å²) in [6, 6.07) is 5.68. The van der Waals surface area contributed by atoms with Crippen LogP contribution in [0.15, 0.2) is 18.2 Å². The van der Waals surface area contributed by atoms with Gasteiger partial charge >= 0.3 is 0 Å². The summed E-state index contributed by atoms with van der Waals surface area (Å²) in [6.07, 6.45) is 0.508. The molecule has 0 saturated heterocycles. The summed E-state index contributed by atoms with van der Waals surface area (Å²) in [7, 11) is 0. The first-order valence-corrected chi connectivity index (χ1v) is 9.58. The highest BCUT2D eigenvalue weighted by molar-refractivity contribution is 5.43. The van der Waals surface area contributed by atoms with Crippen molar-refractivity contribution in [2.24, 2.45) is 16.7 Å². The highest BCUT2D eigenvalue weighted by atomic mass is 16.7. The number of hydrogen-bond acceptors (Lipinski definition) is 4. The number of benzene rings is 1. The van der Waals surface area contributed by atoms with Crippen LogP contribution in [0.3, 0.4) is 0 Å². The van der Waals surface area contributed by atoms with Crippen LogP contribution in [0.1, 0.15) is 73.3 Å². The lowest BCUT2D eigenvalue weighted by atomic mass is 9.72. The SMILES string of the molecule is CC(C)CC(c1ccc(OC(OCCO)C(C)(C)C)c(O)c1)C(C)(C)C. The lowest BCUT2D eigenvalue weighted by Gasteiger charge is -2.33. The number of hydrogen-bond donors (Lipinski definition) is 2. The van der Waals surface area contributed by atoms with E-state index in [1.807, 2.05) is 39.0 Å². The molecule has 26 heavy (non-hydrogen) atoms. The Morgan fingerprint density at radius 3 is 2.04 bits per heavy atom. The van der Waals surface area contributed by atoms with Gasteiger partial charge in [-0.1, -0.05) is 61.5 Å². The van der Waals surface area contributed by atoms with Crippen LogP contribution in [-0.2, 0) is 4.74 Å². The first kappa shape index (κ1) is 22.8. The van der Waals surface area contributed by atoms with E-state index in [0.717, 1.165) is 12.0 Å². The van der Waals surface area contributed by atoms with Gasteiger partial charge in [-0.3, -0.25) is 0 Å². The topological polar surface area (TPSA) is 58.9 Å². The van der Waals surface area contributed by atoms with Crippen LogP contribution >= 0.6 is 0 Å². The number of phenolic OH excluding ortho intramolecular Hbond substituents is 1. The van der Waals surface area contributed by atoms with Crippen molar-refractivity contribution in [1.82, 2.24) is 0 Å². The third kappa shape index (κ3) is 6.81. The Morgan fingerprint density at radius 2 is 1.62 bits per heavy atom. The van der Waals surface area contributed by atoms with Gasteiger partial charge in [0.15, 0.2) is 11.5 Å². The van der Waals surface area contributed by atoms with E-state index in [2.05, 4.69) is 34.6 Å². The zero-order valence-electron chi connectivity index (χ0n) is 17.8. The van der Waals surface area contributed by atoms with Crippen molar-refractivity contribution in [3.8, 4) is 11.5 Å². The fourth-order valence-corrected chi connectivity index (χ4v) is 3.05. The molecule has 150 valence electrons. The zero-order valence-corrected chi connectivity index (χ0v) is 17.8. The summed E-state index contributed by atoms with van der Waals surface area (Å²) in [6.45, 7) is 17.3. The van der Waals surface area contributed by atoms with Crippen molar-refractivity contribution >= 4 is 0 Å². The van der Waals surface area contributed by atoms with Crippen LogP contribution in [0, 0.1) is 16.7 Å². The van der Waals surface area contributed by atoms with Gasteiger partial charge in [-0.25, -0.2) is 0 Å². The molecule has 2 atom stereocenters. The molecule has 1 rings (SSSR count). The predicted octanol–water partition coefficient (Wildman–Crippen LogP) is 5.33. The van der Waals surface area contributed by atoms with Crippen molar-refractivity contribution in [3.05, 3.63) is 23.8 Å². The predicted molar refractivity (Wildman–Crippen MR) is 107 cm³/mol. The van der Waals surface area contributed by atoms with Crippen molar-refractivity contribution < 1.29 is 19.7 Å². The smallest absolute Gasteiger partial charge is 0.204 e. The highest BCUT2D eigenvalue weighted by Gasteiger charge is 2.30. The Hall–Kier alpha value is -1.26. The molecular formula is C22H38O4. The maximum atomic E-state index is 10.6. The molecule has 0 aliphatic rings. The molecule has 0 aliphatic heterocycles. The van der Waals surface area contributed by atoms with Gasteiger partial charge in [-0.2, -0.15) is 0 Å². The summed E-state index contributed by atoms with van der Waals surface area (Å²) < 4.78 is 11.5. The van der Waals surface area contributed by atoms with Crippen LogP contribution in [0.2, 0.25) is 0 Å². The number of aromatic hydroxyl groups is 1. The van der Waals surface area contributed by atoms with Crippen LogP contribution in [0.5, 0.6) is 11.5 Å². The van der Waals surface area contributed by atoms with Crippen LogP contribution in [0.4, 0.5) is 0 Å². The minimum absolute atomic E-state index is 0.0661. The lowest BCUT2D eigenvalue weighted by molar-refractivity contribution is -0.147. The second-order valence-electron chi connectivity index (χ2n) is 9.69. The van der Waals surface area contributed by atoms with E-state index in [4.69, 9.17) is 14.6 Å². The molecule has 0 fully saturated rings. The number of aliphatic hydroxyl groups excluding tert-OH is 1. The Bertz CT molecular complexity index is 552. The average Bonchev–Trinajstić information content (AvgIpc) is 2.48. The summed E-state index contributed by atoms with van der Waals surface area (Å²) in [5, 5.41) is 19.6. The molecule has 0 spiro atoms. The monoisotopic (exact) mass is 366 g/mol. The number of phenols is 1. The van der Waals surface area contributed by atoms with Gasteiger partial charge in [0, 0.05) is 5.41 Å². The summed E-state index contributed by atoms with van der Waals surface area (Å²) in [5.41, 5.74) is 0.947. The Morgan fingerprint density at radius 1 is 1.00 bits per heavy atom. The molecule has 0 bridgehead atoms. The van der Waals surface area contributed by atoms with E-state index in [1.165, 1.54) is 0 Å². The molecule has 0 aromatic heterocycles. The average molecular weight is 367 g/mol. The van der Waals surface area contributed by atoms with E-state index in [9.17, 15) is 5.11 Å². The molecule has 1 aromatic rings. The standard InChI is InChI=1S/C22H38O4/c1-15(2)13-17(21(3,4)5)16-9-10-19(18(24)14-16)26-20(22(6,7)8)25-12-11-23/h9-10,14-15,17,20,23-24H,11-13H2,1-8H3. The second kappa shape index (κ2) is 9.09. The van der Waals surface area contributed by atoms with Crippen LogP contribution in [0.25, 0.3) is 0 Å². The zero-order chi connectivity index (χ0) is 20.1. The third-order valence-corrected chi connectivity index (χ3v) is 4.44. The molecule has 0 saturated carbocycles. The maximum Gasteiger partial charge on any atom is 0.204 e. The maximum absolute atomic E-state index is 10.6. The second-order valence-corrected chi connectivity index (χ2v) is 9.69. The fraction of sp³-hybridized carbons (Fsp3) is 0.727. The Kier molecular flexibility index (Phi) is 7.97. The first-order valence-electron chi connectivity index (χ1n) is 9.58. The molecule has 2 unspecified atom stereocenters. The van der Waals surface area contributed by atoms with E-state index in [0.29, 0.717) is 17.6 Å². The van der Waals surface area contributed by atoms with Gasteiger partial charge in [-0.15, -0.1) is 0 Å². The van der Waals surface area contributed by atoms with Gasteiger partial charge in [0.25, 0.3) is 0 Å². The lowest BCUT2D eigenvalue weighted by Crippen LogP contribution is -2.35. The highest BCUT2D eigenvalue weighted by Crippen LogP contribution is 2.42. The fourth-order valence-electron chi connectivity index (χ4n) is 3.05. The van der Waals surface area contributed by atoms with E-state index < -0.39 is 6.29 Å². The van der Waals surface area contributed by atoms with Gasteiger partial charge in [0.2, 0.25) is 6.29 Å². The van der Waals surface area contributed by atoms with Crippen LogP contribution < -0.4 is 4.74 Å². The van der Waals surface area contributed by atoms with Crippen molar-refractivity contribution in [3.63, 3.8) is 0 Å². The molecule has 2 N–H and O–H groups in total. The Labute approximate surface area is 159 Å². The van der Waals surface area contributed by atoms with E-state index in [1.54, 1.807) is 0 Å².